The Morgan fingerprint density at radius 3 is 1.39 bits per heavy atom. The summed E-state index contributed by atoms with van der Waals surface area (Å²) in [6.07, 6.45) is 0. The van der Waals surface area contributed by atoms with Crippen molar-refractivity contribution in [2.45, 2.75) is 0 Å². The quantitative estimate of drug-likeness (QED) is 0.202. The third-order valence-corrected chi connectivity index (χ3v) is 11.3. The van der Waals surface area contributed by atoms with Crippen molar-refractivity contribution >= 4 is 84.7 Å². The van der Waals surface area contributed by atoms with Gasteiger partial charge in [0.05, 0.1) is 0 Å². The Bertz CT molecular complexity index is 1660. The van der Waals surface area contributed by atoms with Crippen LogP contribution >= 0.6 is 0 Å². The first-order valence-corrected chi connectivity index (χ1v) is 14.5. The molecule has 5 aromatic carbocycles. The van der Waals surface area contributed by atoms with Crippen molar-refractivity contribution in [3.05, 3.63) is 115 Å². The average molecular weight is 551 g/mol. The summed E-state index contributed by atoms with van der Waals surface area (Å²) >= 11 is 0.587. The number of hydrogen-bond donors (Lipinski definition) is 0. The first kappa shape index (κ1) is 19.4. The van der Waals surface area contributed by atoms with E-state index in [1.807, 2.05) is 0 Å². The van der Waals surface area contributed by atoms with Crippen LogP contribution in [0.2, 0.25) is 0 Å². The zero-order valence-electron chi connectivity index (χ0n) is 17.7. The van der Waals surface area contributed by atoms with Crippen LogP contribution in [0.15, 0.2) is 115 Å². The van der Waals surface area contributed by atoms with Crippen molar-refractivity contribution in [2.75, 3.05) is 4.90 Å². The number of nitrogens with zero attached hydrogens (tertiary/aromatic N) is 1. The van der Waals surface area contributed by atoms with Gasteiger partial charge in [0.2, 0.25) is 0 Å². The maximum absolute atomic E-state index is 2.51. The van der Waals surface area contributed by atoms with Crippen LogP contribution in [0.5, 0.6) is 0 Å². The minimum atomic E-state index is 0.293. The maximum atomic E-state index is 2.51. The van der Waals surface area contributed by atoms with Crippen molar-refractivity contribution in [1.82, 2.24) is 0 Å². The van der Waals surface area contributed by atoms with Crippen LogP contribution in [0.3, 0.4) is 0 Å². The predicted molar refractivity (Wildman–Crippen MR) is 145 cm³/mol. The summed E-state index contributed by atoms with van der Waals surface area (Å²) in [7, 11) is 0. The van der Waals surface area contributed by atoms with Crippen LogP contribution in [0.4, 0.5) is 17.1 Å². The summed E-state index contributed by atoms with van der Waals surface area (Å²) in [5.74, 6) is 0. The molecule has 3 heteroatoms. The summed E-state index contributed by atoms with van der Waals surface area (Å²) in [6, 6.07) is 42.4. The molecule has 0 atom stereocenters. The van der Waals surface area contributed by atoms with E-state index in [0.29, 0.717) is 29.0 Å². The van der Waals surface area contributed by atoms with E-state index in [-0.39, 0.29) is 0 Å². The molecule has 0 saturated heterocycles. The van der Waals surface area contributed by atoms with Gasteiger partial charge in [0, 0.05) is 0 Å². The second kappa shape index (κ2) is 7.76. The van der Waals surface area contributed by atoms with Gasteiger partial charge >= 0.3 is 205 Å². The van der Waals surface area contributed by atoms with E-state index in [2.05, 4.69) is 120 Å². The molecule has 0 N–H and O–H groups in total. The molecule has 2 aromatic heterocycles. The van der Waals surface area contributed by atoms with Gasteiger partial charge in [-0.1, -0.05) is 0 Å². The second-order valence-corrected chi connectivity index (χ2v) is 12.6. The van der Waals surface area contributed by atoms with Gasteiger partial charge in [-0.25, -0.2) is 0 Å². The van der Waals surface area contributed by atoms with Gasteiger partial charge in [0.25, 0.3) is 0 Å². The molecule has 0 amide bonds. The normalized spacial score (nSPS) is 11.6. The molecule has 0 aliphatic heterocycles. The van der Waals surface area contributed by atoms with Gasteiger partial charge in [0.15, 0.2) is 0 Å². The molecule has 2 heterocycles. The van der Waals surface area contributed by atoms with Crippen molar-refractivity contribution in [2.24, 2.45) is 0 Å². The van der Waals surface area contributed by atoms with E-state index in [1.165, 1.54) is 55.6 Å². The fraction of sp³-hybridized carbons (Fsp3) is 0. The molecular weight excluding hydrogens is 532 g/mol. The van der Waals surface area contributed by atoms with Crippen LogP contribution in [-0.4, -0.2) is 29.0 Å². The third kappa shape index (κ3) is 3.05. The van der Waals surface area contributed by atoms with Crippen LogP contribution < -0.4 is 4.90 Å². The molecule has 0 unspecified atom stereocenters. The summed E-state index contributed by atoms with van der Waals surface area (Å²) in [4.78, 5) is 2.51. The van der Waals surface area contributed by atoms with Crippen molar-refractivity contribution in [3.8, 4) is 0 Å². The molecule has 0 radical (unpaired) electrons. The number of anilines is 3. The van der Waals surface area contributed by atoms with Gasteiger partial charge < -0.3 is 0 Å². The van der Waals surface area contributed by atoms with Crippen molar-refractivity contribution in [1.29, 1.82) is 0 Å². The van der Waals surface area contributed by atoms with Crippen LogP contribution in [-0.2, 0) is 0 Å². The molecule has 7 aromatic rings. The Balaban J connectivity index is 1.58. The summed E-state index contributed by atoms with van der Waals surface area (Å²) < 4.78 is 5.93. The van der Waals surface area contributed by atoms with E-state index in [9.17, 15) is 0 Å². The summed E-state index contributed by atoms with van der Waals surface area (Å²) in [5.41, 5.74) is 3.85. The predicted octanol–water partition coefficient (Wildman–Crippen LogP) is 7.88. The zero-order chi connectivity index (χ0) is 21.8. The molecule has 156 valence electrons. The van der Waals surface area contributed by atoms with Gasteiger partial charge in [-0.15, -0.1) is 0 Å². The molecule has 0 bridgehead atoms. The fourth-order valence-corrected chi connectivity index (χ4v) is 9.86. The molecule has 0 saturated carbocycles. The van der Waals surface area contributed by atoms with E-state index < -0.39 is 0 Å². The van der Waals surface area contributed by atoms with Gasteiger partial charge in [-0.3, -0.25) is 0 Å². The van der Waals surface area contributed by atoms with Crippen molar-refractivity contribution in [3.63, 3.8) is 0 Å². The topological polar surface area (TPSA) is 3.24 Å². The number of para-hydroxylation sites is 1. The second-order valence-electron chi connectivity index (χ2n) is 8.18. The zero-order valence-corrected chi connectivity index (χ0v) is 21.2. The van der Waals surface area contributed by atoms with E-state index in [4.69, 9.17) is 0 Å². The van der Waals surface area contributed by atoms with E-state index >= 15 is 0 Å². The molecule has 1 nitrogen and oxygen atoms in total. The molecule has 0 fully saturated rings. The van der Waals surface area contributed by atoms with Gasteiger partial charge in [-0.05, 0) is 0 Å². The Kier molecular flexibility index (Phi) is 4.57. The Morgan fingerprint density at radius 1 is 0.394 bits per heavy atom. The molecular formula is C30H19NSe2. The van der Waals surface area contributed by atoms with E-state index in [1.54, 1.807) is 0 Å². The number of hydrogen-bond acceptors (Lipinski definition) is 1. The van der Waals surface area contributed by atoms with Gasteiger partial charge in [0.1, 0.15) is 0 Å². The van der Waals surface area contributed by atoms with Crippen molar-refractivity contribution < 1.29 is 0 Å². The minimum absolute atomic E-state index is 0.293. The van der Waals surface area contributed by atoms with Gasteiger partial charge in [-0.2, -0.15) is 0 Å². The first-order valence-electron chi connectivity index (χ1n) is 11.0. The molecule has 0 spiro atoms. The Morgan fingerprint density at radius 2 is 0.848 bits per heavy atom. The summed E-state index contributed by atoms with van der Waals surface area (Å²) in [5, 5.41) is 5.59. The SMILES string of the molecule is c1ccc(N(c2cccc3c2[se]c2ccccc23)c2cccc3c2[se]c2ccccc23)cc1. The molecule has 33 heavy (non-hydrogen) atoms. The Labute approximate surface area is 204 Å². The average Bonchev–Trinajstić information content (AvgIpc) is 3.44. The van der Waals surface area contributed by atoms with Crippen LogP contribution in [0.1, 0.15) is 0 Å². The molecule has 0 aliphatic rings. The molecule has 0 aliphatic carbocycles. The standard InChI is InChI=1S/C30H19NSe2/c1-2-10-20(11-3-1)31(25-16-8-14-23-21-12-4-6-18-27(21)32-29(23)25)26-17-9-15-24-22-13-5-7-19-28(22)33-30(24)26/h1-19H. The fourth-order valence-electron chi connectivity index (χ4n) is 4.80. The first-order chi connectivity index (χ1) is 16.4. The summed E-state index contributed by atoms with van der Waals surface area (Å²) in [6.45, 7) is 0. The third-order valence-electron chi connectivity index (χ3n) is 6.26. The van der Waals surface area contributed by atoms with Crippen LogP contribution in [0.25, 0.3) is 38.6 Å². The number of fused-ring (bicyclic) bond motifs is 6. The van der Waals surface area contributed by atoms with Crippen LogP contribution in [0, 0.1) is 0 Å². The Hall–Kier alpha value is -3.06. The number of rotatable bonds is 3. The van der Waals surface area contributed by atoms with E-state index in [0.717, 1.165) is 0 Å². The molecule has 7 rings (SSSR count). The number of benzene rings is 5. The monoisotopic (exact) mass is 553 g/mol.